The first-order chi connectivity index (χ1) is 10.6. The Morgan fingerprint density at radius 1 is 1.45 bits per heavy atom. The largest absolute Gasteiger partial charge is 0.462 e. The van der Waals surface area contributed by atoms with E-state index in [-0.39, 0.29) is 19.0 Å². The lowest BCUT2D eigenvalue weighted by Crippen LogP contribution is -2.13. The number of thioether (sulfide) groups is 1. The SMILES string of the molecule is CC(=O)OCCn1c([N+](=O)[O-])cnc1CSc1ccccn1. The van der Waals surface area contributed by atoms with Crippen molar-refractivity contribution in [1.29, 1.82) is 0 Å². The monoisotopic (exact) mass is 322 g/mol. The van der Waals surface area contributed by atoms with Crippen molar-refractivity contribution in [3.63, 3.8) is 0 Å². The Balaban J connectivity index is 2.09. The molecule has 2 rings (SSSR count). The molecule has 0 atom stereocenters. The molecule has 0 bridgehead atoms. The van der Waals surface area contributed by atoms with E-state index in [1.54, 1.807) is 6.20 Å². The van der Waals surface area contributed by atoms with E-state index in [2.05, 4.69) is 9.97 Å². The van der Waals surface area contributed by atoms with E-state index in [1.807, 2.05) is 18.2 Å². The van der Waals surface area contributed by atoms with Crippen LogP contribution in [0, 0.1) is 10.1 Å². The normalized spacial score (nSPS) is 10.4. The van der Waals surface area contributed by atoms with Gasteiger partial charge in [-0.2, -0.15) is 0 Å². The molecule has 2 heterocycles. The van der Waals surface area contributed by atoms with Crippen LogP contribution in [0.15, 0.2) is 35.6 Å². The highest BCUT2D eigenvalue weighted by Gasteiger charge is 2.20. The second kappa shape index (κ2) is 7.55. The van der Waals surface area contributed by atoms with Gasteiger partial charge in [0.15, 0.2) is 0 Å². The Morgan fingerprint density at radius 3 is 2.91 bits per heavy atom. The Kier molecular flexibility index (Phi) is 5.48. The number of nitro groups is 1. The number of pyridine rings is 1. The fraction of sp³-hybridized carbons (Fsp3) is 0.308. The molecule has 0 spiro atoms. The zero-order valence-electron chi connectivity index (χ0n) is 11.8. The number of imidazole rings is 1. The number of ether oxygens (including phenoxy) is 1. The molecule has 0 saturated carbocycles. The fourth-order valence-electron chi connectivity index (χ4n) is 1.76. The maximum absolute atomic E-state index is 11.0. The van der Waals surface area contributed by atoms with Gasteiger partial charge in [0.25, 0.3) is 0 Å². The number of carbonyl (C=O) groups excluding carboxylic acids is 1. The van der Waals surface area contributed by atoms with Crippen LogP contribution in [0.3, 0.4) is 0 Å². The van der Waals surface area contributed by atoms with Crippen LogP contribution in [-0.4, -0.2) is 32.0 Å². The van der Waals surface area contributed by atoms with Gasteiger partial charge in [0.2, 0.25) is 5.82 Å². The summed E-state index contributed by atoms with van der Waals surface area (Å²) < 4.78 is 6.28. The molecule has 0 unspecified atom stereocenters. The lowest BCUT2D eigenvalue weighted by molar-refractivity contribution is -0.392. The summed E-state index contributed by atoms with van der Waals surface area (Å²) >= 11 is 1.43. The summed E-state index contributed by atoms with van der Waals surface area (Å²) in [5.41, 5.74) is 0. The van der Waals surface area contributed by atoms with E-state index in [1.165, 1.54) is 29.4 Å². The molecular weight excluding hydrogens is 308 g/mol. The van der Waals surface area contributed by atoms with E-state index >= 15 is 0 Å². The fourth-order valence-corrected chi connectivity index (χ4v) is 2.58. The lowest BCUT2D eigenvalue weighted by atomic mass is 10.5. The second-order valence-corrected chi connectivity index (χ2v) is 5.23. The van der Waals surface area contributed by atoms with Crippen molar-refractivity contribution >= 4 is 23.5 Å². The maximum Gasteiger partial charge on any atom is 0.343 e. The molecule has 0 aliphatic heterocycles. The van der Waals surface area contributed by atoms with Crippen molar-refractivity contribution < 1.29 is 14.5 Å². The molecule has 0 fully saturated rings. The van der Waals surface area contributed by atoms with Gasteiger partial charge in [-0.25, -0.2) is 14.5 Å². The number of hydrogen-bond donors (Lipinski definition) is 0. The molecule has 0 radical (unpaired) electrons. The van der Waals surface area contributed by atoms with E-state index in [0.29, 0.717) is 11.6 Å². The van der Waals surface area contributed by atoms with Crippen molar-refractivity contribution in [3.05, 3.63) is 46.5 Å². The molecule has 8 nitrogen and oxygen atoms in total. The van der Waals surface area contributed by atoms with Crippen molar-refractivity contribution in [1.82, 2.24) is 14.5 Å². The van der Waals surface area contributed by atoms with Gasteiger partial charge >= 0.3 is 11.8 Å². The summed E-state index contributed by atoms with van der Waals surface area (Å²) in [5.74, 6) is 0.427. The van der Waals surface area contributed by atoms with Crippen molar-refractivity contribution in [3.8, 4) is 0 Å². The summed E-state index contributed by atoms with van der Waals surface area (Å²) in [6.45, 7) is 1.54. The Morgan fingerprint density at radius 2 is 2.27 bits per heavy atom. The summed E-state index contributed by atoms with van der Waals surface area (Å²) in [4.78, 5) is 29.6. The van der Waals surface area contributed by atoms with Gasteiger partial charge in [0.05, 0.1) is 10.8 Å². The first-order valence-electron chi connectivity index (χ1n) is 6.44. The van der Waals surface area contributed by atoms with Gasteiger partial charge in [-0.3, -0.25) is 4.79 Å². The summed E-state index contributed by atoms with van der Waals surface area (Å²) in [6, 6.07) is 5.53. The molecule has 2 aromatic rings. The lowest BCUT2D eigenvalue weighted by Gasteiger charge is -2.05. The van der Waals surface area contributed by atoms with Crippen LogP contribution in [0.5, 0.6) is 0 Å². The average molecular weight is 322 g/mol. The third-order valence-corrected chi connectivity index (χ3v) is 3.65. The highest BCUT2D eigenvalue weighted by molar-refractivity contribution is 7.98. The van der Waals surface area contributed by atoms with E-state index in [4.69, 9.17) is 4.74 Å². The smallest absolute Gasteiger partial charge is 0.343 e. The molecule has 0 aromatic carbocycles. The van der Waals surface area contributed by atoms with Gasteiger partial charge in [0, 0.05) is 13.1 Å². The highest BCUT2D eigenvalue weighted by atomic mass is 32.2. The molecule has 22 heavy (non-hydrogen) atoms. The van der Waals surface area contributed by atoms with Gasteiger partial charge in [-0.15, -0.1) is 0 Å². The topological polar surface area (TPSA) is 100 Å². The standard InChI is InChI=1S/C13H14N4O4S/c1-10(18)21-7-6-16-11(15-8-13(16)17(19)20)9-22-12-4-2-3-5-14-12/h2-5,8H,6-7,9H2,1H3. The van der Waals surface area contributed by atoms with Gasteiger partial charge in [0.1, 0.15) is 19.3 Å². The number of carbonyl (C=O) groups is 1. The van der Waals surface area contributed by atoms with Crippen LogP contribution in [0.4, 0.5) is 5.82 Å². The molecule has 0 N–H and O–H groups in total. The van der Waals surface area contributed by atoms with Gasteiger partial charge in [-0.05, 0) is 17.1 Å². The highest BCUT2D eigenvalue weighted by Crippen LogP contribution is 2.22. The second-order valence-electron chi connectivity index (χ2n) is 4.24. The van der Waals surface area contributed by atoms with Crippen molar-refractivity contribution in [2.45, 2.75) is 24.2 Å². The van der Waals surface area contributed by atoms with Crippen LogP contribution < -0.4 is 0 Å². The first kappa shape index (κ1) is 16.0. The van der Waals surface area contributed by atoms with Crippen molar-refractivity contribution in [2.75, 3.05) is 6.61 Å². The number of hydrogen-bond acceptors (Lipinski definition) is 7. The van der Waals surface area contributed by atoms with Gasteiger partial charge < -0.3 is 14.9 Å². The predicted octanol–water partition coefficient (Wildman–Crippen LogP) is 2.04. The quantitative estimate of drug-likeness (QED) is 0.333. The van der Waals surface area contributed by atoms with E-state index < -0.39 is 10.9 Å². The first-order valence-corrected chi connectivity index (χ1v) is 7.42. The van der Waals surface area contributed by atoms with Crippen LogP contribution in [0.25, 0.3) is 0 Å². The number of nitrogens with zero attached hydrogens (tertiary/aromatic N) is 4. The van der Waals surface area contributed by atoms with Crippen LogP contribution in [0.2, 0.25) is 0 Å². The Bertz CT molecular complexity index is 659. The number of aromatic nitrogens is 3. The zero-order chi connectivity index (χ0) is 15.9. The minimum absolute atomic E-state index is 0.0633. The molecule has 0 saturated heterocycles. The summed E-state index contributed by atoms with van der Waals surface area (Å²) in [6.07, 6.45) is 2.89. The van der Waals surface area contributed by atoms with Crippen LogP contribution in [0.1, 0.15) is 12.7 Å². The Hall–Kier alpha value is -2.42. The third-order valence-electron chi connectivity index (χ3n) is 2.71. The van der Waals surface area contributed by atoms with Gasteiger partial charge in [-0.1, -0.05) is 17.8 Å². The summed E-state index contributed by atoms with van der Waals surface area (Å²) in [5, 5.41) is 11.8. The van der Waals surface area contributed by atoms with E-state index in [0.717, 1.165) is 5.03 Å². The van der Waals surface area contributed by atoms with Crippen LogP contribution in [-0.2, 0) is 21.8 Å². The van der Waals surface area contributed by atoms with E-state index in [9.17, 15) is 14.9 Å². The maximum atomic E-state index is 11.0. The molecule has 0 aliphatic carbocycles. The molecular formula is C13H14N4O4S. The molecule has 116 valence electrons. The third kappa shape index (κ3) is 4.29. The Labute approximate surface area is 130 Å². The van der Waals surface area contributed by atoms with Crippen molar-refractivity contribution in [2.24, 2.45) is 0 Å². The molecule has 0 amide bonds. The van der Waals surface area contributed by atoms with Crippen LogP contribution >= 0.6 is 11.8 Å². The molecule has 2 aromatic heterocycles. The minimum atomic E-state index is -0.504. The number of rotatable bonds is 7. The minimum Gasteiger partial charge on any atom is -0.462 e. The molecule has 0 aliphatic rings. The average Bonchev–Trinajstić information content (AvgIpc) is 2.89. The zero-order valence-corrected chi connectivity index (χ0v) is 12.7. The molecule has 9 heteroatoms. The number of esters is 1. The predicted molar refractivity (Wildman–Crippen MR) is 79.3 cm³/mol. The summed E-state index contributed by atoms with van der Waals surface area (Å²) in [7, 11) is 0.